The molecule has 3 amide bonds. The quantitative estimate of drug-likeness (QED) is 0.0887. The summed E-state index contributed by atoms with van der Waals surface area (Å²) in [6, 6.07) is 23.2. The number of aliphatic imine (C=N–C) groups is 1. The zero-order valence-corrected chi connectivity index (χ0v) is 28.6. The van der Waals surface area contributed by atoms with Crippen LogP contribution in [0.25, 0.3) is 0 Å². The molecular formula is C38H43BN4O8. The summed E-state index contributed by atoms with van der Waals surface area (Å²) in [4.78, 5) is 71.4. The number of benzene rings is 3. The van der Waals surface area contributed by atoms with Crippen LogP contribution < -0.4 is 10.6 Å². The summed E-state index contributed by atoms with van der Waals surface area (Å²) in [7, 11) is 0.459. The molecule has 2 N–H and O–H groups in total. The van der Waals surface area contributed by atoms with Gasteiger partial charge in [0, 0.05) is 0 Å². The Morgan fingerprint density at radius 2 is 1.51 bits per heavy atom. The summed E-state index contributed by atoms with van der Waals surface area (Å²) >= 11 is 0. The minimum atomic E-state index is -1.06. The van der Waals surface area contributed by atoms with Crippen molar-refractivity contribution >= 4 is 42.9 Å². The Balaban J connectivity index is 1.34. The van der Waals surface area contributed by atoms with E-state index < -0.39 is 53.8 Å². The van der Waals surface area contributed by atoms with E-state index in [2.05, 4.69) is 15.6 Å². The first-order valence-corrected chi connectivity index (χ1v) is 17.1. The van der Waals surface area contributed by atoms with E-state index >= 15 is 0 Å². The van der Waals surface area contributed by atoms with Crippen LogP contribution in [0.4, 0.5) is 0 Å². The first-order valence-electron chi connectivity index (χ1n) is 17.1. The number of ether oxygens (including phenoxy) is 2. The third kappa shape index (κ3) is 12.1. The van der Waals surface area contributed by atoms with Gasteiger partial charge in [-0.25, -0.2) is 4.79 Å². The van der Waals surface area contributed by atoms with Gasteiger partial charge in [-0.05, 0) is 18.4 Å². The van der Waals surface area contributed by atoms with Gasteiger partial charge < -0.3 is 4.74 Å². The molecule has 0 aromatic heterocycles. The summed E-state index contributed by atoms with van der Waals surface area (Å²) in [5.74, 6) is -2.57. The predicted molar refractivity (Wildman–Crippen MR) is 190 cm³/mol. The Hall–Kier alpha value is -5.46. The van der Waals surface area contributed by atoms with Gasteiger partial charge >= 0.3 is 210 Å². The molecule has 4 atom stereocenters. The van der Waals surface area contributed by atoms with E-state index in [-0.39, 0.29) is 26.1 Å². The van der Waals surface area contributed by atoms with Crippen molar-refractivity contribution in [2.75, 3.05) is 13.2 Å². The van der Waals surface area contributed by atoms with E-state index in [1.54, 1.807) is 30.3 Å². The van der Waals surface area contributed by atoms with Crippen molar-refractivity contribution in [1.82, 2.24) is 15.5 Å². The predicted octanol–water partition coefficient (Wildman–Crippen LogP) is 3.43. The maximum absolute atomic E-state index is 14.0. The molecule has 1 saturated heterocycles. The summed E-state index contributed by atoms with van der Waals surface area (Å²) in [5, 5.41) is 5.43. The number of rotatable bonds is 18. The number of hydrogen-bond acceptors (Lipinski definition) is 9. The van der Waals surface area contributed by atoms with Crippen LogP contribution in [-0.4, -0.2) is 85.1 Å². The summed E-state index contributed by atoms with van der Waals surface area (Å²) in [6.07, 6.45) is 3.33. The number of nitrogens with one attached hydrogen (secondary N) is 2. The fourth-order valence-electron chi connectivity index (χ4n) is 5.70. The van der Waals surface area contributed by atoms with Crippen LogP contribution in [-0.2, 0) is 46.4 Å². The zero-order valence-electron chi connectivity index (χ0n) is 28.6. The second-order valence-corrected chi connectivity index (χ2v) is 12.2. The molecule has 12 nitrogen and oxygen atoms in total. The fraction of sp³-hybridized carbons (Fsp3) is 0.368. The van der Waals surface area contributed by atoms with Crippen LogP contribution in [0.15, 0.2) is 96.0 Å². The van der Waals surface area contributed by atoms with Gasteiger partial charge in [0.15, 0.2) is 0 Å². The minimum Gasteiger partial charge on any atom is -0.459 e. The Kier molecular flexibility index (Phi) is 15.2. The van der Waals surface area contributed by atoms with Crippen LogP contribution in [0.5, 0.6) is 0 Å². The Morgan fingerprint density at radius 3 is 2.18 bits per heavy atom. The molecule has 3 aromatic rings. The molecule has 1 aliphatic heterocycles. The van der Waals surface area contributed by atoms with Crippen molar-refractivity contribution in [2.45, 2.75) is 76.2 Å². The second kappa shape index (κ2) is 20.3. The molecular weight excluding hydrogens is 651 g/mol. The first-order chi connectivity index (χ1) is 24.8. The normalized spacial score (nSPS) is 15.6. The van der Waals surface area contributed by atoms with Crippen molar-refractivity contribution in [2.24, 2.45) is 4.99 Å². The fourth-order valence-corrected chi connectivity index (χ4v) is 5.70. The van der Waals surface area contributed by atoms with Crippen molar-refractivity contribution in [3.8, 4) is 0 Å². The van der Waals surface area contributed by atoms with Gasteiger partial charge in [0.05, 0.1) is 0 Å². The van der Waals surface area contributed by atoms with Gasteiger partial charge in [0.2, 0.25) is 0 Å². The molecule has 51 heavy (non-hydrogen) atoms. The number of hydrogen-bond donors (Lipinski definition) is 2. The van der Waals surface area contributed by atoms with Crippen molar-refractivity contribution in [3.05, 3.63) is 108 Å². The zero-order chi connectivity index (χ0) is 36.4. The summed E-state index contributed by atoms with van der Waals surface area (Å²) < 4.78 is 21.8. The molecule has 0 bridgehead atoms. The van der Waals surface area contributed by atoms with Gasteiger partial charge in [-0.15, -0.1) is 0 Å². The molecule has 0 radical (unpaired) electrons. The molecule has 3 aromatic carbocycles. The molecule has 0 aliphatic carbocycles. The van der Waals surface area contributed by atoms with E-state index in [1.165, 1.54) is 11.8 Å². The van der Waals surface area contributed by atoms with Crippen molar-refractivity contribution in [1.29, 1.82) is 0 Å². The molecule has 1 fully saturated rings. The van der Waals surface area contributed by atoms with Gasteiger partial charge in [-0.2, -0.15) is 0 Å². The number of nitrogens with zero attached hydrogens (tertiary/aromatic N) is 2. The second-order valence-electron chi connectivity index (χ2n) is 12.2. The van der Waals surface area contributed by atoms with Gasteiger partial charge in [0.1, 0.15) is 6.61 Å². The minimum absolute atomic E-state index is 0.0825. The van der Waals surface area contributed by atoms with Crippen molar-refractivity contribution in [3.63, 3.8) is 0 Å². The Morgan fingerprint density at radius 1 is 0.863 bits per heavy atom. The molecule has 4 rings (SSSR count). The number of amides is 3. The van der Waals surface area contributed by atoms with E-state index in [9.17, 15) is 28.7 Å². The van der Waals surface area contributed by atoms with Crippen LogP contribution >= 0.6 is 0 Å². The van der Waals surface area contributed by atoms with Gasteiger partial charge in [-0.3, -0.25) is 0 Å². The third-order valence-electron chi connectivity index (χ3n) is 8.43. The number of esters is 2. The van der Waals surface area contributed by atoms with Gasteiger partial charge in [-0.1, -0.05) is 54.6 Å². The van der Waals surface area contributed by atoms with E-state index in [1.807, 2.05) is 60.7 Å². The van der Waals surface area contributed by atoms with E-state index in [4.69, 9.17) is 9.47 Å². The monoisotopic (exact) mass is 694 g/mol. The molecule has 266 valence electrons. The number of unbranched alkanes of at least 4 members (excludes halogenated alkanes) is 1. The maximum atomic E-state index is 14.0. The summed E-state index contributed by atoms with van der Waals surface area (Å²) in [5.41, 5.74) is 2.07. The van der Waals surface area contributed by atoms with Gasteiger partial charge in [0.25, 0.3) is 0 Å². The van der Waals surface area contributed by atoms with E-state index in [0.29, 0.717) is 44.9 Å². The molecule has 0 unspecified atom stereocenters. The SMILES string of the molecule is C[C@@H](NC(=O)[C@H](CCCCOC(=O)c1ccccc1)N=CB=O)C(=O)N[C@@H](Cc1ccccc1)C(=O)N1CCC[C@@H]1C(=O)OCc1ccccc1. The number of carbonyl (C=O) groups is 5. The first kappa shape index (κ1) is 38.3. The standard InChI is InChI=1S/C38H43BN4O8/c1-27(41-35(45)31(40-26-39-49)20-11-12-23-50-37(47)30-18-9-4-10-19-30)34(44)42-32(24-28-14-5-2-6-15-28)36(46)43-22-13-21-33(43)38(48)51-25-29-16-7-3-8-17-29/h2-10,14-19,26-27,31-33H,11-13,20-25H2,1H3,(H,41,45)(H,42,44)/t27-,31+,32+,33-/m1/s1. The number of likely N-dealkylation sites (tertiary alicyclic amines) is 1. The van der Waals surface area contributed by atoms with Crippen LogP contribution in [0.3, 0.4) is 0 Å². The average molecular weight is 695 g/mol. The smallest absolute Gasteiger partial charge is 0.459 e. The van der Waals surface area contributed by atoms with Crippen LogP contribution in [0, 0.1) is 0 Å². The Labute approximate surface area is 298 Å². The van der Waals surface area contributed by atoms with Crippen LogP contribution in [0.2, 0.25) is 0 Å². The summed E-state index contributed by atoms with van der Waals surface area (Å²) in [6.45, 7) is 2.04. The molecule has 0 spiro atoms. The molecule has 1 aliphatic rings. The van der Waals surface area contributed by atoms with Crippen molar-refractivity contribution < 1.29 is 38.2 Å². The number of carbonyl (C=O) groups excluding carboxylic acids is 5. The third-order valence-corrected chi connectivity index (χ3v) is 8.43. The average Bonchev–Trinajstić information content (AvgIpc) is 3.65. The molecule has 1 heterocycles. The molecule has 13 heteroatoms. The molecule has 0 saturated carbocycles. The van der Waals surface area contributed by atoms with E-state index in [0.717, 1.165) is 17.2 Å². The Bertz CT molecular complexity index is 1640. The topological polar surface area (TPSA) is 161 Å². The van der Waals surface area contributed by atoms with Crippen LogP contribution in [0.1, 0.15) is 60.5 Å².